The molecule has 1 aromatic rings. The lowest BCUT2D eigenvalue weighted by Crippen LogP contribution is -2.49. The molecule has 2 atom stereocenters. The van der Waals surface area contributed by atoms with Gasteiger partial charge in [-0.3, -0.25) is 0 Å². The minimum atomic E-state index is 0.420. The number of nitrogens with zero attached hydrogens (tertiary/aromatic N) is 3. The fraction of sp³-hybridized carbons (Fsp3) is 0.714. The van der Waals surface area contributed by atoms with Crippen LogP contribution in [0.2, 0.25) is 0 Å². The van der Waals surface area contributed by atoms with Gasteiger partial charge in [0.1, 0.15) is 12.1 Å². The van der Waals surface area contributed by atoms with Gasteiger partial charge in [0.25, 0.3) is 0 Å². The number of nitrogens with two attached hydrogens (primary N) is 1. The van der Waals surface area contributed by atoms with Gasteiger partial charge in [-0.1, -0.05) is 20.3 Å². The number of piperidine rings is 1. The van der Waals surface area contributed by atoms with Crippen LogP contribution in [0.1, 0.15) is 38.8 Å². The average molecular weight is 248 g/mol. The van der Waals surface area contributed by atoms with E-state index in [9.17, 15) is 0 Å². The quantitative estimate of drug-likeness (QED) is 0.885. The summed E-state index contributed by atoms with van der Waals surface area (Å²) in [5, 5.41) is 0. The number of rotatable bonds is 4. The standard InChI is InChI=1S/C14H24N4/c1-3-5-12-8-14(17-10-16-12)18-7-4-6-11(2)13(18)9-15/h8,10-11,13H,3-7,9,15H2,1-2H3. The van der Waals surface area contributed by atoms with Gasteiger partial charge in [0.15, 0.2) is 0 Å². The highest BCUT2D eigenvalue weighted by Crippen LogP contribution is 2.27. The Hall–Kier alpha value is -1.16. The Bertz CT molecular complexity index is 380. The van der Waals surface area contributed by atoms with Crippen LogP contribution < -0.4 is 10.6 Å². The summed E-state index contributed by atoms with van der Waals surface area (Å²) in [5.74, 6) is 1.70. The number of hydrogen-bond donors (Lipinski definition) is 1. The molecule has 0 radical (unpaired) electrons. The van der Waals surface area contributed by atoms with Gasteiger partial charge in [-0.2, -0.15) is 0 Å². The molecule has 0 aliphatic carbocycles. The molecule has 1 aliphatic heterocycles. The molecule has 18 heavy (non-hydrogen) atoms. The summed E-state index contributed by atoms with van der Waals surface area (Å²) in [5.41, 5.74) is 7.07. The predicted octanol–water partition coefficient (Wildman–Crippen LogP) is 1.99. The molecule has 100 valence electrons. The Labute approximate surface area is 110 Å². The summed E-state index contributed by atoms with van der Waals surface area (Å²) in [6.07, 6.45) is 6.32. The summed E-state index contributed by atoms with van der Waals surface area (Å²) >= 11 is 0. The van der Waals surface area contributed by atoms with Gasteiger partial charge in [0.2, 0.25) is 0 Å². The summed E-state index contributed by atoms with van der Waals surface area (Å²) in [4.78, 5) is 11.1. The molecule has 0 amide bonds. The topological polar surface area (TPSA) is 55.0 Å². The summed E-state index contributed by atoms with van der Waals surface area (Å²) < 4.78 is 0. The molecule has 1 aliphatic rings. The zero-order chi connectivity index (χ0) is 13.0. The van der Waals surface area contributed by atoms with Crippen molar-refractivity contribution in [3.8, 4) is 0 Å². The lowest BCUT2D eigenvalue weighted by Gasteiger charge is -2.40. The van der Waals surface area contributed by atoms with E-state index in [0.29, 0.717) is 18.5 Å². The van der Waals surface area contributed by atoms with Crippen molar-refractivity contribution in [3.63, 3.8) is 0 Å². The highest BCUT2D eigenvalue weighted by molar-refractivity contribution is 5.41. The maximum absolute atomic E-state index is 5.93. The third kappa shape index (κ3) is 2.80. The third-order valence-electron chi connectivity index (χ3n) is 3.87. The van der Waals surface area contributed by atoms with Gasteiger partial charge in [-0.05, 0) is 25.2 Å². The van der Waals surface area contributed by atoms with Gasteiger partial charge < -0.3 is 10.6 Å². The molecular weight excluding hydrogens is 224 g/mol. The smallest absolute Gasteiger partial charge is 0.132 e. The highest BCUT2D eigenvalue weighted by Gasteiger charge is 2.28. The first-order chi connectivity index (χ1) is 8.76. The SMILES string of the molecule is CCCc1cc(N2CCCC(C)C2CN)ncn1. The van der Waals surface area contributed by atoms with E-state index >= 15 is 0 Å². The monoisotopic (exact) mass is 248 g/mol. The van der Waals surface area contributed by atoms with Crippen molar-refractivity contribution in [1.82, 2.24) is 9.97 Å². The van der Waals surface area contributed by atoms with Crippen molar-refractivity contribution in [2.45, 2.75) is 45.6 Å². The number of hydrogen-bond acceptors (Lipinski definition) is 4. The minimum absolute atomic E-state index is 0.420. The zero-order valence-corrected chi connectivity index (χ0v) is 11.5. The van der Waals surface area contributed by atoms with E-state index in [4.69, 9.17) is 5.73 Å². The van der Waals surface area contributed by atoms with Crippen molar-refractivity contribution < 1.29 is 0 Å². The summed E-state index contributed by atoms with van der Waals surface area (Å²) in [6.45, 7) is 6.23. The molecule has 2 heterocycles. The van der Waals surface area contributed by atoms with Crippen molar-refractivity contribution in [2.24, 2.45) is 11.7 Å². The first-order valence-electron chi connectivity index (χ1n) is 7.04. The van der Waals surface area contributed by atoms with Crippen LogP contribution in [0.15, 0.2) is 12.4 Å². The van der Waals surface area contributed by atoms with Gasteiger partial charge in [-0.25, -0.2) is 9.97 Å². The van der Waals surface area contributed by atoms with Crippen molar-refractivity contribution in [2.75, 3.05) is 18.0 Å². The Kier molecular flexibility index (Phi) is 4.53. The van der Waals surface area contributed by atoms with Crippen LogP contribution in [0.4, 0.5) is 5.82 Å². The van der Waals surface area contributed by atoms with E-state index in [1.165, 1.54) is 12.8 Å². The number of anilines is 1. The lowest BCUT2D eigenvalue weighted by molar-refractivity contribution is 0.348. The summed E-state index contributed by atoms with van der Waals surface area (Å²) in [7, 11) is 0. The van der Waals surface area contributed by atoms with Crippen LogP contribution in [-0.2, 0) is 6.42 Å². The van der Waals surface area contributed by atoms with E-state index in [2.05, 4.69) is 34.8 Å². The van der Waals surface area contributed by atoms with Gasteiger partial charge in [0, 0.05) is 30.9 Å². The van der Waals surface area contributed by atoms with Gasteiger partial charge >= 0.3 is 0 Å². The van der Waals surface area contributed by atoms with Crippen LogP contribution in [0, 0.1) is 5.92 Å². The molecule has 2 unspecified atom stereocenters. The maximum atomic E-state index is 5.93. The van der Waals surface area contributed by atoms with Crippen LogP contribution >= 0.6 is 0 Å². The van der Waals surface area contributed by atoms with Gasteiger partial charge in [-0.15, -0.1) is 0 Å². The Morgan fingerprint density at radius 1 is 1.44 bits per heavy atom. The summed E-state index contributed by atoms with van der Waals surface area (Å²) in [6, 6.07) is 2.55. The Morgan fingerprint density at radius 3 is 3.00 bits per heavy atom. The van der Waals surface area contributed by atoms with Crippen LogP contribution in [0.3, 0.4) is 0 Å². The zero-order valence-electron chi connectivity index (χ0n) is 11.5. The lowest BCUT2D eigenvalue weighted by atomic mass is 9.91. The second kappa shape index (κ2) is 6.14. The van der Waals surface area contributed by atoms with E-state index < -0.39 is 0 Å². The molecule has 0 spiro atoms. The van der Waals surface area contributed by atoms with Crippen molar-refractivity contribution in [3.05, 3.63) is 18.1 Å². The minimum Gasteiger partial charge on any atom is -0.352 e. The maximum Gasteiger partial charge on any atom is 0.132 e. The number of aryl methyl sites for hydroxylation is 1. The van der Waals surface area contributed by atoms with Crippen molar-refractivity contribution >= 4 is 5.82 Å². The molecule has 1 aromatic heterocycles. The molecule has 2 rings (SSSR count). The number of aromatic nitrogens is 2. The second-order valence-corrected chi connectivity index (χ2v) is 5.23. The molecule has 4 nitrogen and oxygen atoms in total. The average Bonchev–Trinajstić information content (AvgIpc) is 2.39. The fourth-order valence-electron chi connectivity index (χ4n) is 2.83. The van der Waals surface area contributed by atoms with Crippen LogP contribution in [0.25, 0.3) is 0 Å². The Morgan fingerprint density at radius 2 is 2.28 bits per heavy atom. The molecule has 1 fully saturated rings. The van der Waals surface area contributed by atoms with Crippen molar-refractivity contribution in [1.29, 1.82) is 0 Å². The molecule has 4 heteroatoms. The normalized spacial score (nSPS) is 24.3. The molecule has 0 bridgehead atoms. The van der Waals surface area contributed by atoms with E-state index in [-0.39, 0.29) is 0 Å². The van der Waals surface area contributed by atoms with Crippen LogP contribution in [-0.4, -0.2) is 29.1 Å². The highest BCUT2D eigenvalue weighted by atomic mass is 15.2. The molecule has 2 N–H and O–H groups in total. The van der Waals surface area contributed by atoms with E-state index in [1.807, 2.05) is 0 Å². The molecule has 0 saturated carbocycles. The first-order valence-corrected chi connectivity index (χ1v) is 7.04. The Balaban J connectivity index is 2.20. The van der Waals surface area contributed by atoms with Crippen LogP contribution in [0.5, 0.6) is 0 Å². The van der Waals surface area contributed by atoms with E-state index in [1.54, 1.807) is 6.33 Å². The van der Waals surface area contributed by atoms with E-state index in [0.717, 1.165) is 30.9 Å². The van der Waals surface area contributed by atoms with Gasteiger partial charge in [0.05, 0.1) is 0 Å². The second-order valence-electron chi connectivity index (χ2n) is 5.23. The third-order valence-corrected chi connectivity index (χ3v) is 3.87. The molecule has 0 aromatic carbocycles. The predicted molar refractivity (Wildman–Crippen MR) is 74.6 cm³/mol. The molecular formula is C14H24N4. The fourth-order valence-corrected chi connectivity index (χ4v) is 2.83. The largest absolute Gasteiger partial charge is 0.352 e. The first kappa shape index (κ1) is 13.3. The molecule has 1 saturated heterocycles.